The van der Waals surface area contributed by atoms with E-state index in [0.29, 0.717) is 5.69 Å². The number of hydrogen-bond acceptors (Lipinski definition) is 5. The minimum absolute atomic E-state index is 0.0247. The second-order valence-corrected chi connectivity index (χ2v) is 4.62. The smallest absolute Gasteiger partial charge is 0.412 e. The van der Waals surface area contributed by atoms with Crippen LogP contribution in [-0.4, -0.2) is 30.3 Å². The molecule has 2 N–H and O–H groups in total. The fourth-order valence-electron chi connectivity index (χ4n) is 2.11. The number of benzene rings is 1. The molecule has 0 aliphatic carbocycles. The molecule has 2 rings (SSSR count). The van der Waals surface area contributed by atoms with Crippen molar-refractivity contribution < 1.29 is 24.3 Å². The molecule has 0 saturated carbocycles. The van der Waals surface area contributed by atoms with Crippen LogP contribution in [0.15, 0.2) is 30.5 Å². The number of nitrogens with zero attached hydrogens (tertiary/aromatic N) is 1. The molecule has 1 atom stereocenters. The van der Waals surface area contributed by atoms with Crippen LogP contribution in [0.3, 0.4) is 0 Å². The third-order valence-corrected chi connectivity index (χ3v) is 2.95. The van der Waals surface area contributed by atoms with Crippen LogP contribution in [0.4, 0.5) is 10.5 Å². The molecule has 1 heterocycles. The van der Waals surface area contributed by atoms with Crippen molar-refractivity contribution in [1.29, 1.82) is 0 Å². The van der Waals surface area contributed by atoms with Crippen LogP contribution >= 0.6 is 0 Å². The van der Waals surface area contributed by atoms with Crippen LogP contribution in [0.2, 0.25) is 0 Å². The van der Waals surface area contributed by atoms with E-state index >= 15 is 0 Å². The standard InChI is InChI=1S/C14H16N2O5/c1-8(2)21-14(19)15-11-6-9-4-5-10(17)7-12(9)16(20-3)13(11)18/h4-5,7,11,17H,1,6H2,2-3H3,(H,15,19)/t11-/m1/s1. The third kappa shape index (κ3) is 3.14. The molecule has 0 saturated heterocycles. The number of nitrogens with one attached hydrogen (secondary N) is 1. The Morgan fingerprint density at radius 1 is 1.52 bits per heavy atom. The van der Waals surface area contributed by atoms with Crippen LogP contribution < -0.4 is 10.4 Å². The second kappa shape index (κ2) is 5.84. The molecule has 1 aliphatic heterocycles. The molecule has 7 nitrogen and oxygen atoms in total. The molecule has 0 bridgehead atoms. The first kappa shape index (κ1) is 14.9. The molecule has 0 fully saturated rings. The molecule has 1 aromatic rings. The van der Waals surface area contributed by atoms with E-state index in [0.717, 1.165) is 10.6 Å². The quantitative estimate of drug-likeness (QED) is 0.824. The van der Waals surface area contributed by atoms with Gasteiger partial charge < -0.3 is 15.2 Å². The monoisotopic (exact) mass is 292 g/mol. The van der Waals surface area contributed by atoms with Gasteiger partial charge in [-0.2, -0.15) is 5.06 Å². The Morgan fingerprint density at radius 3 is 2.86 bits per heavy atom. The number of rotatable bonds is 3. The van der Waals surface area contributed by atoms with Gasteiger partial charge in [0.05, 0.1) is 18.6 Å². The molecule has 0 aromatic heterocycles. The predicted octanol–water partition coefficient (Wildman–Crippen LogP) is 1.47. The van der Waals surface area contributed by atoms with Gasteiger partial charge in [0.1, 0.15) is 11.8 Å². The predicted molar refractivity (Wildman–Crippen MR) is 74.5 cm³/mol. The summed E-state index contributed by atoms with van der Waals surface area (Å²) in [6, 6.07) is 3.79. The minimum Gasteiger partial charge on any atom is -0.508 e. The first-order valence-electron chi connectivity index (χ1n) is 6.26. The van der Waals surface area contributed by atoms with E-state index < -0.39 is 18.0 Å². The summed E-state index contributed by atoms with van der Waals surface area (Å²) in [6.07, 6.45) is -0.473. The largest absolute Gasteiger partial charge is 0.508 e. The number of ether oxygens (including phenoxy) is 1. The summed E-state index contributed by atoms with van der Waals surface area (Å²) >= 11 is 0. The minimum atomic E-state index is -0.811. The van der Waals surface area contributed by atoms with Gasteiger partial charge in [0.15, 0.2) is 0 Å². The molecule has 2 amide bonds. The lowest BCUT2D eigenvalue weighted by molar-refractivity contribution is -0.127. The third-order valence-electron chi connectivity index (χ3n) is 2.95. The van der Waals surface area contributed by atoms with Crippen molar-refractivity contribution in [3.05, 3.63) is 36.1 Å². The first-order valence-corrected chi connectivity index (χ1v) is 6.26. The van der Waals surface area contributed by atoms with E-state index in [-0.39, 0.29) is 17.9 Å². The fourth-order valence-corrected chi connectivity index (χ4v) is 2.11. The number of anilines is 1. The summed E-state index contributed by atoms with van der Waals surface area (Å²) < 4.78 is 4.78. The van der Waals surface area contributed by atoms with Gasteiger partial charge in [-0.1, -0.05) is 12.6 Å². The topological polar surface area (TPSA) is 88.1 Å². The van der Waals surface area contributed by atoms with Crippen molar-refractivity contribution in [2.45, 2.75) is 19.4 Å². The van der Waals surface area contributed by atoms with Crippen molar-refractivity contribution in [1.82, 2.24) is 5.32 Å². The Labute approximate surface area is 121 Å². The van der Waals surface area contributed by atoms with Crippen molar-refractivity contribution in [3.8, 4) is 5.75 Å². The van der Waals surface area contributed by atoms with Crippen LogP contribution in [0, 0.1) is 0 Å². The van der Waals surface area contributed by atoms with E-state index in [9.17, 15) is 14.7 Å². The van der Waals surface area contributed by atoms with Gasteiger partial charge in [0.25, 0.3) is 5.91 Å². The number of hydroxylamine groups is 1. The average Bonchev–Trinajstić information content (AvgIpc) is 2.39. The number of aromatic hydroxyl groups is 1. The molecule has 0 unspecified atom stereocenters. The highest BCUT2D eigenvalue weighted by Gasteiger charge is 2.35. The Hall–Kier alpha value is -2.54. The fraction of sp³-hybridized carbons (Fsp3) is 0.286. The average molecular weight is 292 g/mol. The summed E-state index contributed by atoms with van der Waals surface area (Å²) in [6.45, 7) is 4.98. The van der Waals surface area contributed by atoms with Crippen molar-refractivity contribution in [3.63, 3.8) is 0 Å². The Kier molecular flexibility index (Phi) is 4.13. The maximum atomic E-state index is 12.3. The lowest BCUT2D eigenvalue weighted by Gasteiger charge is -2.32. The van der Waals surface area contributed by atoms with Gasteiger partial charge >= 0.3 is 6.09 Å². The Bertz CT molecular complexity index is 599. The molecule has 21 heavy (non-hydrogen) atoms. The van der Waals surface area contributed by atoms with Crippen molar-refractivity contribution in [2.24, 2.45) is 0 Å². The highest BCUT2D eigenvalue weighted by molar-refractivity contribution is 6.00. The van der Waals surface area contributed by atoms with E-state index in [2.05, 4.69) is 11.9 Å². The van der Waals surface area contributed by atoms with Crippen LogP contribution in [0.1, 0.15) is 12.5 Å². The summed E-state index contributed by atoms with van der Waals surface area (Å²) in [5.74, 6) is -0.198. The lowest BCUT2D eigenvalue weighted by Crippen LogP contribution is -2.52. The van der Waals surface area contributed by atoms with Gasteiger partial charge in [-0.3, -0.25) is 9.63 Å². The molecule has 112 valence electrons. The second-order valence-electron chi connectivity index (χ2n) is 4.62. The molecule has 0 spiro atoms. The van der Waals surface area contributed by atoms with Crippen molar-refractivity contribution in [2.75, 3.05) is 12.2 Å². The number of fused-ring (bicyclic) bond motifs is 1. The highest BCUT2D eigenvalue weighted by Crippen LogP contribution is 2.31. The zero-order valence-corrected chi connectivity index (χ0v) is 11.8. The number of phenolic OH excluding ortho intramolecular Hbond substituents is 1. The number of alkyl carbamates (subject to hydrolysis) is 1. The van der Waals surface area contributed by atoms with Gasteiger partial charge in [-0.05, 0) is 18.6 Å². The van der Waals surface area contributed by atoms with E-state index in [1.54, 1.807) is 6.07 Å². The van der Waals surface area contributed by atoms with E-state index in [4.69, 9.17) is 9.57 Å². The molecular weight excluding hydrogens is 276 g/mol. The first-order chi connectivity index (χ1) is 9.92. The Balaban J connectivity index is 2.23. The number of hydrogen-bond donors (Lipinski definition) is 2. The maximum absolute atomic E-state index is 12.3. The molecule has 0 radical (unpaired) electrons. The molecular formula is C14H16N2O5. The number of carbonyl (C=O) groups is 2. The Morgan fingerprint density at radius 2 is 2.24 bits per heavy atom. The van der Waals surface area contributed by atoms with Gasteiger partial charge in [-0.25, -0.2) is 4.79 Å². The maximum Gasteiger partial charge on any atom is 0.412 e. The zero-order valence-electron chi connectivity index (χ0n) is 11.8. The molecule has 7 heteroatoms. The lowest BCUT2D eigenvalue weighted by atomic mass is 9.98. The summed E-state index contributed by atoms with van der Waals surface area (Å²) in [5, 5.41) is 13.0. The number of phenols is 1. The summed E-state index contributed by atoms with van der Waals surface area (Å²) in [4.78, 5) is 28.9. The van der Waals surface area contributed by atoms with Gasteiger partial charge in [-0.15, -0.1) is 0 Å². The SMILES string of the molecule is C=C(C)OC(=O)N[C@@H]1Cc2ccc(O)cc2N(OC)C1=O. The van der Waals surface area contributed by atoms with Crippen LogP contribution in [0.5, 0.6) is 5.75 Å². The van der Waals surface area contributed by atoms with E-state index in [1.165, 1.54) is 26.2 Å². The number of amides is 2. The van der Waals surface area contributed by atoms with Crippen molar-refractivity contribution >= 4 is 17.7 Å². The van der Waals surface area contributed by atoms with Crippen LogP contribution in [0.25, 0.3) is 0 Å². The summed E-state index contributed by atoms with van der Waals surface area (Å²) in [5.41, 5.74) is 1.21. The van der Waals surface area contributed by atoms with Gasteiger partial charge in [0, 0.05) is 12.5 Å². The zero-order chi connectivity index (χ0) is 15.6. The normalized spacial score (nSPS) is 17.1. The summed E-state index contributed by atoms with van der Waals surface area (Å²) in [7, 11) is 1.33. The van der Waals surface area contributed by atoms with Crippen LogP contribution in [-0.2, 0) is 20.8 Å². The number of allylic oxidation sites excluding steroid dienone is 1. The number of carbonyl (C=O) groups excluding carboxylic acids is 2. The van der Waals surface area contributed by atoms with Gasteiger partial charge in [0.2, 0.25) is 0 Å². The molecule has 1 aliphatic rings. The van der Waals surface area contributed by atoms with E-state index in [1.807, 2.05) is 0 Å². The molecule has 1 aromatic carbocycles. The highest BCUT2D eigenvalue weighted by atomic mass is 16.7.